The van der Waals surface area contributed by atoms with E-state index in [4.69, 9.17) is 5.73 Å². The van der Waals surface area contributed by atoms with Crippen LogP contribution in [-0.4, -0.2) is 41.0 Å². The molecule has 3 N–H and O–H groups in total. The third-order valence-corrected chi connectivity index (χ3v) is 4.44. The Morgan fingerprint density at radius 1 is 1.12 bits per heavy atom. The van der Waals surface area contributed by atoms with Crippen LogP contribution >= 0.6 is 0 Å². The molecule has 3 amide bonds. The van der Waals surface area contributed by atoms with Crippen molar-refractivity contribution in [2.75, 3.05) is 13.1 Å². The smallest absolute Gasteiger partial charge is 0.314 e. The Bertz CT molecular complexity index is 673. The molecule has 25 heavy (non-hydrogen) atoms. The summed E-state index contributed by atoms with van der Waals surface area (Å²) in [5.74, 6) is -0.206. The van der Waals surface area contributed by atoms with Crippen LogP contribution in [-0.2, 0) is 17.6 Å². The van der Waals surface area contributed by atoms with Gasteiger partial charge in [-0.15, -0.1) is 0 Å². The number of aromatic nitrogens is 1. The summed E-state index contributed by atoms with van der Waals surface area (Å²) in [6.45, 7) is 0.790. The van der Waals surface area contributed by atoms with Crippen molar-refractivity contribution >= 4 is 11.9 Å². The second kappa shape index (κ2) is 7.79. The average Bonchev–Trinajstić information content (AvgIpc) is 2.55. The number of carbonyl (C=O) groups excluding carboxylic acids is 2. The van der Waals surface area contributed by atoms with Crippen LogP contribution in [0.5, 0.6) is 0 Å². The zero-order chi connectivity index (χ0) is 17.6. The van der Waals surface area contributed by atoms with Gasteiger partial charge in [-0.2, -0.15) is 0 Å². The number of likely N-dealkylation sites (tertiary alicyclic amines) is 1. The van der Waals surface area contributed by atoms with E-state index < -0.39 is 6.03 Å². The van der Waals surface area contributed by atoms with Crippen molar-refractivity contribution in [2.24, 2.45) is 11.7 Å². The Morgan fingerprint density at radius 3 is 2.44 bits per heavy atom. The number of pyridine rings is 1. The van der Waals surface area contributed by atoms with Crippen LogP contribution in [0.2, 0.25) is 0 Å². The van der Waals surface area contributed by atoms with Gasteiger partial charge in [0.25, 0.3) is 0 Å². The van der Waals surface area contributed by atoms with Gasteiger partial charge in [0.05, 0.1) is 5.92 Å². The number of amides is 3. The Hall–Kier alpha value is -2.89. The summed E-state index contributed by atoms with van der Waals surface area (Å²) in [7, 11) is 0. The highest BCUT2D eigenvalue weighted by molar-refractivity contribution is 5.83. The van der Waals surface area contributed by atoms with Crippen LogP contribution in [0.25, 0.3) is 0 Å². The summed E-state index contributed by atoms with van der Waals surface area (Å²) in [6, 6.07) is 13.5. The lowest BCUT2D eigenvalue weighted by atomic mass is 9.96. The van der Waals surface area contributed by atoms with Gasteiger partial charge in [0.15, 0.2) is 0 Å². The number of carbonyl (C=O) groups is 2. The Labute approximate surface area is 147 Å². The lowest BCUT2D eigenvalue weighted by Gasteiger charge is -2.37. The van der Waals surface area contributed by atoms with Crippen molar-refractivity contribution in [2.45, 2.75) is 18.9 Å². The summed E-state index contributed by atoms with van der Waals surface area (Å²) in [4.78, 5) is 29.2. The van der Waals surface area contributed by atoms with E-state index >= 15 is 0 Å². The van der Waals surface area contributed by atoms with Gasteiger partial charge in [-0.25, -0.2) is 4.79 Å². The highest BCUT2D eigenvalue weighted by Gasteiger charge is 2.35. The van der Waals surface area contributed by atoms with Crippen LogP contribution in [0.4, 0.5) is 4.79 Å². The molecule has 2 aromatic rings. The van der Waals surface area contributed by atoms with Crippen LogP contribution in [0.3, 0.4) is 0 Å². The second-order valence-corrected chi connectivity index (χ2v) is 6.40. The maximum atomic E-state index is 12.5. The summed E-state index contributed by atoms with van der Waals surface area (Å²) in [5.41, 5.74) is 7.46. The molecule has 1 saturated heterocycles. The van der Waals surface area contributed by atoms with Crippen molar-refractivity contribution in [3.8, 4) is 0 Å². The van der Waals surface area contributed by atoms with Crippen molar-refractivity contribution < 1.29 is 9.59 Å². The van der Waals surface area contributed by atoms with E-state index in [9.17, 15) is 9.59 Å². The van der Waals surface area contributed by atoms with Gasteiger partial charge in [0.2, 0.25) is 5.91 Å². The van der Waals surface area contributed by atoms with Crippen LogP contribution in [0.1, 0.15) is 11.1 Å². The molecule has 1 aliphatic rings. The first kappa shape index (κ1) is 17.0. The summed E-state index contributed by atoms with van der Waals surface area (Å²) in [6.07, 6.45) is 5.01. The number of nitrogens with zero attached hydrogens (tertiary/aromatic N) is 2. The third-order valence-electron chi connectivity index (χ3n) is 4.44. The van der Waals surface area contributed by atoms with Crippen LogP contribution in [0.15, 0.2) is 54.9 Å². The maximum absolute atomic E-state index is 12.5. The number of hydrogen-bond donors (Lipinski definition) is 2. The first-order chi connectivity index (χ1) is 12.1. The van der Waals surface area contributed by atoms with Crippen molar-refractivity contribution in [1.29, 1.82) is 0 Å². The molecule has 3 rings (SSSR count). The lowest BCUT2D eigenvalue weighted by Crippen LogP contribution is -2.58. The minimum absolute atomic E-state index is 0.0256. The molecular weight excluding hydrogens is 316 g/mol. The zero-order valence-electron chi connectivity index (χ0n) is 14.0. The fourth-order valence-corrected chi connectivity index (χ4v) is 3.02. The lowest BCUT2D eigenvalue weighted by molar-refractivity contribution is -0.129. The van der Waals surface area contributed by atoms with Crippen LogP contribution < -0.4 is 11.1 Å². The number of rotatable bonds is 6. The van der Waals surface area contributed by atoms with E-state index in [1.165, 1.54) is 10.5 Å². The predicted octanol–water partition coefficient (Wildman–Crippen LogP) is 1.36. The predicted molar refractivity (Wildman–Crippen MR) is 94.7 cm³/mol. The molecule has 0 saturated carbocycles. The monoisotopic (exact) mass is 338 g/mol. The fourth-order valence-electron chi connectivity index (χ4n) is 3.02. The molecule has 0 aliphatic carbocycles. The van der Waals surface area contributed by atoms with Gasteiger partial charge in [0.1, 0.15) is 0 Å². The SMILES string of the molecule is NC(=O)N1CC(C(=O)NC(Cc2ccccc2)Cc2cccnc2)C1. The van der Waals surface area contributed by atoms with E-state index in [0.717, 1.165) is 12.0 Å². The summed E-state index contributed by atoms with van der Waals surface area (Å²) < 4.78 is 0. The molecule has 1 aromatic carbocycles. The van der Waals surface area contributed by atoms with E-state index in [1.807, 2.05) is 36.5 Å². The van der Waals surface area contributed by atoms with Crippen LogP contribution in [0, 0.1) is 5.92 Å². The number of primary amides is 1. The quantitative estimate of drug-likeness (QED) is 0.833. The van der Waals surface area contributed by atoms with Crippen molar-refractivity contribution in [1.82, 2.24) is 15.2 Å². The highest BCUT2D eigenvalue weighted by Crippen LogP contribution is 2.16. The standard InChI is InChI=1S/C19H22N4O2/c20-19(25)23-12-16(13-23)18(24)22-17(9-14-5-2-1-3-6-14)10-15-7-4-8-21-11-15/h1-8,11,16-17H,9-10,12-13H2,(H2,20,25)(H,22,24). The van der Waals surface area contributed by atoms with E-state index in [1.54, 1.807) is 6.20 Å². The minimum atomic E-state index is -0.472. The van der Waals surface area contributed by atoms with E-state index in [2.05, 4.69) is 22.4 Å². The van der Waals surface area contributed by atoms with Gasteiger partial charge in [0, 0.05) is 31.5 Å². The Kier molecular flexibility index (Phi) is 5.28. The highest BCUT2D eigenvalue weighted by atomic mass is 16.2. The zero-order valence-corrected chi connectivity index (χ0v) is 14.0. The van der Waals surface area contributed by atoms with E-state index in [-0.39, 0.29) is 17.9 Å². The van der Waals surface area contributed by atoms with Crippen molar-refractivity contribution in [3.63, 3.8) is 0 Å². The number of nitrogens with two attached hydrogens (primary N) is 1. The molecule has 1 atom stereocenters. The molecule has 1 fully saturated rings. The molecular formula is C19H22N4O2. The van der Waals surface area contributed by atoms with Gasteiger partial charge in [-0.1, -0.05) is 36.4 Å². The molecule has 130 valence electrons. The first-order valence-corrected chi connectivity index (χ1v) is 8.39. The first-order valence-electron chi connectivity index (χ1n) is 8.39. The molecule has 0 bridgehead atoms. The topological polar surface area (TPSA) is 88.3 Å². The van der Waals surface area contributed by atoms with E-state index in [0.29, 0.717) is 19.5 Å². The average molecular weight is 338 g/mol. The van der Waals surface area contributed by atoms with Gasteiger partial charge in [-0.3, -0.25) is 9.78 Å². The largest absolute Gasteiger partial charge is 0.352 e. The molecule has 1 aliphatic heterocycles. The Morgan fingerprint density at radius 2 is 1.80 bits per heavy atom. The van der Waals surface area contributed by atoms with Gasteiger partial charge < -0.3 is 16.0 Å². The Balaban J connectivity index is 1.63. The number of benzene rings is 1. The molecule has 2 heterocycles. The van der Waals surface area contributed by atoms with Crippen molar-refractivity contribution in [3.05, 3.63) is 66.0 Å². The molecule has 1 unspecified atom stereocenters. The molecule has 6 nitrogen and oxygen atoms in total. The fraction of sp³-hybridized carbons (Fsp3) is 0.316. The molecule has 0 radical (unpaired) electrons. The maximum Gasteiger partial charge on any atom is 0.314 e. The molecule has 0 spiro atoms. The van der Waals surface area contributed by atoms with Gasteiger partial charge >= 0.3 is 6.03 Å². The number of urea groups is 1. The summed E-state index contributed by atoms with van der Waals surface area (Å²) in [5, 5.41) is 3.13. The minimum Gasteiger partial charge on any atom is -0.352 e. The number of hydrogen-bond acceptors (Lipinski definition) is 3. The van der Waals surface area contributed by atoms with Gasteiger partial charge in [-0.05, 0) is 30.0 Å². The normalized spacial score (nSPS) is 15.3. The summed E-state index contributed by atoms with van der Waals surface area (Å²) >= 11 is 0. The number of nitrogens with one attached hydrogen (secondary N) is 1. The third kappa shape index (κ3) is 4.56. The molecule has 1 aromatic heterocycles. The molecule has 6 heteroatoms. The second-order valence-electron chi connectivity index (χ2n) is 6.40.